The molecule has 0 radical (unpaired) electrons. The molecular weight excluding hydrogens is 264 g/mol. The number of ether oxygens (including phenoxy) is 1. The van der Waals surface area contributed by atoms with Crippen molar-refractivity contribution in [2.24, 2.45) is 5.92 Å². The average Bonchev–Trinajstić information content (AvgIpc) is 2.56. The zero-order valence-corrected chi connectivity index (χ0v) is 12.1. The first kappa shape index (κ1) is 13.9. The molecule has 3 rings (SSSR count). The Morgan fingerprint density at radius 1 is 1.10 bits per heavy atom. The topological polar surface area (TPSA) is 51.1 Å². The van der Waals surface area contributed by atoms with E-state index in [4.69, 9.17) is 4.74 Å². The van der Waals surface area contributed by atoms with Gasteiger partial charge in [-0.1, -0.05) is 6.07 Å². The smallest absolute Gasteiger partial charge is 0.232 e. The number of piperidine rings is 1. The molecule has 1 aliphatic heterocycles. The number of hydrogen-bond donors (Lipinski definition) is 0. The van der Waals surface area contributed by atoms with Crippen molar-refractivity contribution in [3.8, 4) is 5.88 Å². The molecule has 5 heteroatoms. The molecule has 3 heterocycles. The van der Waals surface area contributed by atoms with Crippen molar-refractivity contribution in [2.75, 3.05) is 19.7 Å². The highest BCUT2D eigenvalue weighted by Gasteiger charge is 2.20. The summed E-state index contributed by atoms with van der Waals surface area (Å²) in [5.74, 6) is 1.22. The first-order chi connectivity index (χ1) is 10.4. The van der Waals surface area contributed by atoms with Crippen LogP contribution in [0, 0.1) is 5.92 Å². The van der Waals surface area contributed by atoms with Crippen LogP contribution in [0.1, 0.15) is 18.5 Å². The Bertz CT molecular complexity index is 526. The highest BCUT2D eigenvalue weighted by molar-refractivity contribution is 5.03. The summed E-state index contributed by atoms with van der Waals surface area (Å²) in [6, 6.07) is 6.09. The second-order valence-corrected chi connectivity index (χ2v) is 5.40. The van der Waals surface area contributed by atoms with Crippen molar-refractivity contribution < 1.29 is 4.74 Å². The predicted molar refractivity (Wildman–Crippen MR) is 79.8 cm³/mol. The van der Waals surface area contributed by atoms with Gasteiger partial charge in [0.2, 0.25) is 5.88 Å². The van der Waals surface area contributed by atoms with Crippen LogP contribution in [0.3, 0.4) is 0 Å². The summed E-state index contributed by atoms with van der Waals surface area (Å²) in [6.45, 7) is 3.88. The molecule has 2 aromatic rings. The minimum atomic E-state index is 0.604. The maximum atomic E-state index is 5.69. The average molecular weight is 284 g/mol. The summed E-state index contributed by atoms with van der Waals surface area (Å²) in [6.07, 6.45) is 9.15. The van der Waals surface area contributed by atoms with Crippen LogP contribution in [0.2, 0.25) is 0 Å². The van der Waals surface area contributed by atoms with Gasteiger partial charge in [0.1, 0.15) is 0 Å². The normalized spacial score (nSPS) is 16.8. The molecule has 5 nitrogen and oxygen atoms in total. The van der Waals surface area contributed by atoms with E-state index in [1.54, 1.807) is 18.6 Å². The number of aromatic nitrogens is 3. The number of rotatable bonds is 5. The molecule has 21 heavy (non-hydrogen) atoms. The number of hydrogen-bond acceptors (Lipinski definition) is 5. The zero-order chi connectivity index (χ0) is 14.3. The lowest BCUT2D eigenvalue weighted by molar-refractivity contribution is 0.133. The fourth-order valence-corrected chi connectivity index (χ4v) is 2.60. The molecule has 0 aliphatic carbocycles. The molecule has 110 valence electrons. The van der Waals surface area contributed by atoms with Gasteiger partial charge in [-0.3, -0.25) is 14.9 Å². The van der Waals surface area contributed by atoms with E-state index in [1.807, 2.05) is 18.3 Å². The van der Waals surface area contributed by atoms with Crippen LogP contribution >= 0.6 is 0 Å². The van der Waals surface area contributed by atoms with Gasteiger partial charge in [-0.2, -0.15) is 0 Å². The van der Waals surface area contributed by atoms with Crippen LogP contribution in [0.15, 0.2) is 43.0 Å². The van der Waals surface area contributed by atoms with Gasteiger partial charge in [-0.25, -0.2) is 4.98 Å². The van der Waals surface area contributed by atoms with E-state index in [0.717, 1.165) is 44.8 Å². The fraction of sp³-hybridized carbons (Fsp3) is 0.438. The molecule has 0 unspecified atom stereocenters. The fourth-order valence-electron chi connectivity index (χ4n) is 2.60. The summed E-state index contributed by atoms with van der Waals surface area (Å²) in [5, 5.41) is 0. The molecule has 1 saturated heterocycles. The number of pyridine rings is 1. The lowest BCUT2D eigenvalue weighted by Crippen LogP contribution is -2.35. The summed E-state index contributed by atoms with van der Waals surface area (Å²) in [7, 11) is 0. The van der Waals surface area contributed by atoms with Crippen molar-refractivity contribution in [1.82, 2.24) is 19.9 Å². The molecule has 2 aromatic heterocycles. The molecule has 0 amide bonds. The third kappa shape index (κ3) is 4.23. The zero-order valence-electron chi connectivity index (χ0n) is 12.1. The van der Waals surface area contributed by atoms with Crippen LogP contribution < -0.4 is 4.74 Å². The number of nitrogens with zero attached hydrogens (tertiary/aromatic N) is 4. The van der Waals surface area contributed by atoms with E-state index in [-0.39, 0.29) is 0 Å². The molecule has 1 aliphatic rings. The first-order valence-corrected chi connectivity index (χ1v) is 7.41. The Morgan fingerprint density at radius 3 is 2.71 bits per heavy atom. The lowest BCUT2D eigenvalue weighted by Gasteiger charge is -2.31. The molecule has 0 saturated carbocycles. The van der Waals surface area contributed by atoms with Gasteiger partial charge >= 0.3 is 0 Å². The lowest BCUT2D eigenvalue weighted by atomic mass is 9.98. The highest BCUT2D eigenvalue weighted by atomic mass is 16.5. The van der Waals surface area contributed by atoms with Crippen molar-refractivity contribution >= 4 is 0 Å². The standard InChI is InChI=1S/C16H20N4O/c1-2-6-18-15(3-1)12-20-9-4-14(5-10-20)13-21-16-11-17-7-8-19-16/h1-3,6-8,11,14H,4-5,9-10,12-13H2. The minimum Gasteiger partial charge on any atom is -0.476 e. The molecule has 0 aromatic carbocycles. The summed E-state index contributed by atoms with van der Waals surface area (Å²) < 4.78 is 5.69. The van der Waals surface area contributed by atoms with Crippen molar-refractivity contribution in [1.29, 1.82) is 0 Å². The monoisotopic (exact) mass is 284 g/mol. The van der Waals surface area contributed by atoms with Gasteiger partial charge in [-0.05, 0) is 44.0 Å². The van der Waals surface area contributed by atoms with E-state index in [2.05, 4.69) is 25.9 Å². The largest absolute Gasteiger partial charge is 0.476 e. The van der Waals surface area contributed by atoms with Crippen LogP contribution in [0.5, 0.6) is 5.88 Å². The molecule has 0 N–H and O–H groups in total. The van der Waals surface area contributed by atoms with Gasteiger partial charge in [0, 0.05) is 25.1 Å². The maximum Gasteiger partial charge on any atom is 0.232 e. The van der Waals surface area contributed by atoms with Gasteiger partial charge in [0.05, 0.1) is 18.5 Å². The van der Waals surface area contributed by atoms with Crippen molar-refractivity contribution in [3.05, 3.63) is 48.7 Å². The molecule has 0 atom stereocenters. The first-order valence-electron chi connectivity index (χ1n) is 7.41. The third-order valence-electron chi connectivity index (χ3n) is 3.83. The molecule has 1 fully saturated rings. The Labute approximate surface area is 125 Å². The quantitative estimate of drug-likeness (QED) is 0.842. The Morgan fingerprint density at radius 2 is 2.00 bits per heavy atom. The van der Waals surface area contributed by atoms with Crippen LogP contribution in [0.4, 0.5) is 0 Å². The second-order valence-electron chi connectivity index (χ2n) is 5.40. The van der Waals surface area contributed by atoms with E-state index in [9.17, 15) is 0 Å². The van der Waals surface area contributed by atoms with E-state index in [1.165, 1.54) is 0 Å². The maximum absolute atomic E-state index is 5.69. The van der Waals surface area contributed by atoms with Gasteiger partial charge < -0.3 is 4.74 Å². The number of likely N-dealkylation sites (tertiary alicyclic amines) is 1. The second kappa shape index (κ2) is 7.13. The summed E-state index contributed by atoms with van der Waals surface area (Å²) in [4.78, 5) is 15.0. The predicted octanol–water partition coefficient (Wildman–Crippen LogP) is 2.16. The molecular formula is C16H20N4O. The van der Waals surface area contributed by atoms with Crippen LogP contribution in [-0.2, 0) is 6.54 Å². The van der Waals surface area contributed by atoms with E-state index < -0.39 is 0 Å². The van der Waals surface area contributed by atoms with E-state index in [0.29, 0.717) is 11.8 Å². The summed E-state index contributed by atoms with van der Waals surface area (Å²) in [5.41, 5.74) is 1.15. The highest BCUT2D eigenvalue weighted by Crippen LogP contribution is 2.19. The van der Waals surface area contributed by atoms with Gasteiger partial charge in [0.15, 0.2) is 0 Å². The van der Waals surface area contributed by atoms with Crippen LogP contribution in [-0.4, -0.2) is 39.5 Å². The molecule has 0 spiro atoms. The molecule has 0 bridgehead atoms. The van der Waals surface area contributed by atoms with Crippen molar-refractivity contribution in [2.45, 2.75) is 19.4 Å². The van der Waals surface area contributed by atoms with Crippen molar-refractivity contribution in [3.63, 3.8) is 0 Å². The van der Waals surface area contributed by atoms with Gasteiger partial charge in [-0.15, -0.1) is 0 Å². The van der Waals surface area contributed by atoms with Crippen LogP contribution in [0.25, 0.3) is 0 Å². The summed E-state index contributed by atoms with van der Waals surface area (Å²) >= 11 is 0. The van der Waals surface area contributed by atoms with E-state index >= 15 is 0 Å². The van der Waals surface area contributed by atoms with Gasteiger partial charge in [0.25, 0.3) is 0 Å². The SMILES string of the molecule is c1ccc(CN2CCC(COc3cnccn3)CC2)nc1. The Kier molecular flexibility index (Phi) is 4.74. The Hall–Kier alpha value is -2.01. The Balaban J connectivity index is 1.41. The third-order valence-corrected chi connectivity index (χ3v) is 3.83. The minimum absolute atomic E-state index is 0.604.